The largest absolute Gasteiger partial charge is 0.464 e. The van der Waals surface area contributed by atoms with Gasteiger partial charge < -0.3 is 4.74 Å². The molecule has 4 atom stereocenters. The third-order valence-electron chi connectivity index (χ3n) is 6.46. The van der Waals surface area contributed by atoms with E-state index in [4.69, 9.17) is 16.3 Å². The Hall–Kier alpha value is -2.08. The van der Waals surface area contributed by atoms with Gasteiger partial charge in [0.05, 0.1) is 0 Å². The molecule has 1 saturated carbocycles. The van der Waals surface area contributed by atoms with E-state index in [0.29, 0.717) is 24.7 Å². The number of hydrogen-bond donors (Lipinski definition) is 0. The van der Waals surface area contributed by atoms with E-state index in [1.807, 2.05) is 0 Å². The number of unbranched alkanes of at least 4 members (excludes halogenated alkanes) is 3. The predicted octanol–water partition coefficient (Wildman–Crippen LogP) is 7.60. The maximum absolute atomic E-state index is 11.5. The van der Waals surface area contributed by atoms with Crippen LogP contribution in [0.4, 0.5) is 0 Å². The fourth-order valence-corrected chi connectivity index (χ4v) is 4.99. The van der Waals surface area contributed by atoms with Crippen molar-refractivity contribution in [2.45, 2.75) is 88.5 Å². The molecule has 33 heavy (non-hydrogen) atoms. The van der Waals surface area contributed by atoms with Gasteiger partial charge in [0.1, 0.15) is 19.2 Å². The van der Waals surface area contributed by atoms with E-state index < -0.39 is 0 Å². The molecule has 1 aliphatic carbocycles. The second-order valence-electron chi connectivity index (χ2n) is 8.82. The highest BCUT2D eigenvalue weighted by Gasteiger charge is 2.34. The van der Waals surface area contributed by atoms with Crippen molar-refractivity contribution in [3.05, 3.63) is 57.4 Å². The summed E-state index contributed by atoms with van der Waals surface area (Å²) in [6.07, 6.45) is 13.2. The van der Waals surface area contributed by atoms with Crippen LogP contribution >= 0.6 is 11.6 Å². The smallest absolute Gasteiger partial charge is 0.305 e. The van der Waals surface area contributed by atoms with Crippen LogP contribution in [-0.4, -0.2) is 24.5 Å². The number of esters is 1. The zero-order chi connectivity index (χ0) is 23.9. The van der Waals surface area contributed by atoms with E-state index >= 15 is 0 Å². The van der Waals surface area contributed by atoms with Gasteiger partial charge in [-0.3, -0.25) is 4.79 Å². The Morgan fingerprint density at radius 3 is 2.64 bits per heavy atom. The molecule has 0 heterocycles. The molecule has 0 N–H and O–H groups in total. The van der Waals surface area contributed by atoms with Gasteiger partial charge in [-0.05, 0) is 61.5 Å². The number of halogens is 1. The lowest BCUT2D eigenvalue weighted by molar-refractivity contribution is -0.143. The molecule has 1 fully saturated rings. The molecule has 1 aliphatic rings. The van der Waals surface area contributed by atoms with Crippen LogP contribution in [0.3, 0.4) is 0 Å². The third kappa shape index (κ3) is 9.36. The highest BCUT2D eigenvalue weighted by Crippen LogP contribution is 2.44. The van der Waals surface area contributed by atoms with Crippen molar-refractivity contribution >= 4 is 17.6 Å². The molecule has 0 radical (unpaired) electrons. The molecule has 182 valence electrons. The fraction of sp³-hybridized carbons (Fsp3) is 0.654. The van der Waals surface area contributed by atoms with Gasteiger partial charge in [0.25, 0.3) is 0 Å². The number of benzene rings is 1. The van der Waals surface area contributed by atoms with Crippen molar-refractivity contribution in [3.63, 3.8) is 0 Å². The number of allylic oxidation sites excluding steroid dienone is 2. The summed E-state index contributed by atoms with van der Waals surface area (Å²) in [7, 11) is 0. The normalized spacial score (nSPS) is 21.2. The number of ether oxygens (including phenoxy) is 1. The van der Waals surface area contributed by atoms with Crippen molar-refractivity contribution in [1.29, 1.82) is 0 Å². The number of carbonyl (C=O) groups excluding carboxylic acids is 1. The van der Waals surface area contributed by atoms with Crippen LogP contribution in [0, 0.1) is 15.7 Å². The number of rotatable bonds is 16. The first-order chi connectivity index (χ1) is 16.1. The number of carbonyl (C=O) groups is 1. The molecule has 0 spiro atoms. The van der Waals surface area contributed by atoms with Crippen molar-refractivity contribution in [3.8, 4) is 0 Å². The average Bonchev–Trinajstić information content (AvgIpc) is 3.19. The van der Waals surface area contributed by atoms with Crippen LogP contribution in [0.25, 0.3) is 0 Å². The molecule has 7 heteroatoms. The number of nitroso groups, excluding NO2 is 2. The summed E-state index contributed by atoms with van der Waals surface area (Å²) in [5, 5.41) is 6.17. The molecule has 0 saturated heterocycles. The predicted molar refractivity (Wildman–Crippen MR) is 133 cm³/mol. The van der Waals surface area contributed by atoms with Crippen LogP contribution in [-0.2, 0) is 9.53 Å². The maximum Gasteiger partial charge on any atom is 0.305 e. The van der Waals surface area contributed by atoms with E-state index in [0.717, 1.165) is 56.9 Å². The molecule has 3 unspecified atom stereocenters. The first-order valence-corrected chi connectivity index (χ1v) is 12.7. The first kappa shape index (κ1) is 27.2. The summed E-state index contributed by atoms with van der Waals surface area (Å²) < 4.78 is 4.90. The molecule has 0 aromatic heterocycles. The minimum absolute atomic E-state index is 0.00400. The van der Waals surface area contributed by atoms with Crippen LogP contribution < -0.4 is 0 Å². The molecule has 0 aliphatic heterocycles. The van der Waals surface area contributed by atoms with Crippen molar-refractivity contribution in [2.75, 3.05) is 13.2 Å². The molecular weight excluding hydrogens is 440 g/mol. The molecule has 0 bridgehead atoms. The van der Waals surface area contributed by atoms with E-state index in [1.165, 1.54) is 5.56 Å². The highest BCUT2D eigenvalue weighted by molar-refractivity contribution is 6.21. The Bertz CT molecular complexity index is 753. The first-order valence-electron chi connectivity index (χ1n) is 12.3. The van der Waals surface area contributed by atoms with Gasteiger partial charge in [-0.2, -0.15) is 9.81 Å². The van der Waals surface area contributed by atoms with Crippen LogP contribution in [0.2, 0.25) is 0 Å². The number of nitrogens with zero attached hydrogens (tertiary/aromatic N) is 2. The van der Waals surface area contributed by atoms with Gasteiger partial charge >= 0.3 is 5.97 Å². The Morgan fingerprint density at radius 1 is 1.15 bits per heavy atom. The monoisotopic (exact) mass is 476 g/mol. The van der Waals surface area contributed by atoms with Gasteiger partial charge in [-0.15, -0.1) is 11.6 Å². The minimum Gasteiger partial charge on any atom is -0.464 e. The fourth-order valence-electron chi connectivity index (χ4n) is 4.58. The molecular formula is C26H37ClN2O4. The van der Waals surface area contributed by atoms with Crippen LogP contribution in [0.1, 0.15) is 94.2 Å². The van der Waals surface area contributed by atoms with Crippen molar-refractivity contribution < 1.29 is 9.53 Å². The van der Waals surface area contributed by atoms with Gasteiger partial charge in [0, 0.05) is 11.8 Å². The van der Waals surface area contributed by atoms with E-state index in [-0.39, 0.29) is 30.5 Å². The van der Waals surface area contributed by atoms with Crippen LogP contribution in [0.15, 0.2) is 46.8 Å². The molecule has 1 aromatic carbocycles. The SMILES string of the molecule is CCCCCC(N=O)c1ccc(C2CC[C@@H](Cl)C2C/C=C\CCCC(=O)OCCN=O)cc1. The Labute approximate surface area is 202 Å². The summed E-state index contributed by atoms with van der Waals surface area (Å²) in [5.41, 5.74) is 2.29. The summed E-state index contributed by atoms with van der Waals surface area (Å²) >= 11 is 6.66. The van der Waals surface area contributed by atoms with E-state index in [2.05, 4.69) is 53.7 Å². The second kappa shape index (κ2) is 15.7. The number of alkyl halides is 1. The molecule has 0 amide bonds. The third-order valence-corrected chi connectivity index (χ3v) is 7.01. The standard InChI is InChI=1S/C26H37ClN2O4/c1-2-3-6-10-25(29-32)21-14-12-20(13-15-21)22-16-17-24(27)23(22)9-7-4-5-8-11-26(30)33-19-18-28-31/h4,7,12-15,22-25H,2-3,5-6,8-11,16-19H2,1H3/b7-4-/t22?,23?,24-,25?/m1/s1. The van der Waals surface area contributed by atoms with Crippen LogP contribution in [0.5, 0.6) is 0 Å². The lowest BCUT2D eigenvalue weighted by Crippen LogP contribution is -2.13. The highest BCUT2D eigenvalue weighted by atomic mass is 35.5. The van der Waals surface area contributed by atoms with Gasteiger partial charge in [-0.1, -0.05) is 73.0 Å². The zero-order valence-electron chi connectivity index (χ0n) is 19.7. The number of hydrogen-bond acceptors (Lipinski definition) is 6. The quantitative estimate of drug-likeness (QED) is 0.0807. The van der Waals surface area contributed by atoms with E-state index in [9.17, 15) is 14.6 Å². The average molecular weight is 477 g/mol. The lowest BCUT2D eigenvalue weighted by Gasteiger charge is -2.21. The molecule has 2 rings (SSSR count). The summed E-state index contributed by atoms with van der Waals surface area (Å²) in [6.45, 7) is 2.22. The maximum atomic E-state index is 11.5. The summed E-state index contributed by atoms with van der Waals surface area (Å²) in [4.78, 5) is 32.8. The Morgan fingerprint density at radius 2 is 1.94 bits per heavy atom. The van der Waals surface area contributed by atoms with E-state index in [1.54, 1.807) is 0 Å². The zero-order valence-corrected chi connectivity index (χ0v) is 20.4. The molecule has 6 nitrogen and oxygen atoms in total. The van der Waals surface area contributed by atoms with Gasteiger partial charge in [-0.25, -0.2) is 0 Å². The topological polar surface area (TPSA) is 85.2 Å². The van der Waals surface area contributed by atoms with Crippen molar-refractivity contribution in [1.82, 2.24) is 0 Å². The molecule has 1 aromatic rings. The van der Waals surface area contributed by atoms with Crippen molar-refractivity contribution in [2.24, 2.45) is 16.3 Å². The minimum atomic E-state index is -0.287. The Kier molecular flexibility index (Phi) is 12.9. The lowest BCUT2D eigenvalue weighted by atomic mass is 9.85. The summed E-state index contributed by atoms with van der Waals surface area (Å²) in [6, 6.07) is 8.16. The summed E-state index contributed by atoms with van der Waals surface area (Å²) in [5.74, 6) is 0.499. The Balaban J connectivity index is 1.83. The van der Waals surface area contributed by atoms with Gasteiger partial charge in [0.2, 0.25) is 0 Å². The second-order valence-corrected chi connectivity index (χ2v) is 9.38. The van der Waals surface area contributed by atoms with Gasteiger partial charge in [0.15, 0.2) is 0 Å².